The average molecular weight is 536 g/mol. The van der Waals surface area contributed by atoms with Crippen molar-refractivity contribution in [3.8, 4) is 0 Å². The molecule has 2 aromatic carbocycles. The number of rotatable bonds is 5. The van der Waals surface area contributed by atoms with Gasteiger partial charge in [0, 0.05) is 48.9 Å². The van der Waals surface area contributed by atoms with Gasteiger partial charge in [-0.3, -0.25) is 14.5 Å². The maximum absolute atomic E-state index is 13.1. The molecule has 1 unspecified atom stereocenters. The fraction of sp³-hybridized carbons (Fsp3) is 0.348. The van der Waals surface area contributed by atoms with Gasteiger partial charge < -0.3 is 9.64 Å². The number of piperazine rings is 1. The number of anilines is 1. The van der Waals surface area contributed by atoms with Crippen molar-refractivity contribution in [1.82, 2.24) is 9.21 Å². The molecule has 12 heteroatoms. The number of ether oxygens (including phenoxy) is 1. The zero-order chi connectivity index (χ0) is 24.8. The molecule has 0 saturated carbocycles. The summed E-state index contributed by atoms with van der Waals surface area (Å²) in [6, 6.07) is 13.2. The molecule has 0 spiro atoms. The summed E-state index contributed by atoms with van der Waals surface area (Å²) in [5.74, 6) is -1.18. The molecule has 0 N–H and O–H groups in total. The van der Waals surface area contributed by atoms with Crippen LogP contribution in [-0.2, 0) is 29.1 Å². The van der Waals surface area contributed by atoms with E-state index >= 15 is 0 Å². The van der Waals surface area contributed by atoms with Crippen LogP contribution in [0.2, 0.25) is 5.02 Å². The van der Waals surface area contributed by atoms with Crippen molar-refractivity contribution in [2.24, 2.45) is 0 Å². The molecule has 0 bridgehead atoms. The summed E-state index contributed by atoms with van der Waals surface area (Å²) < 4.78 is 32.4. The Hall–Kier alpha value is -2.60. The molecule has 0 radical (unpaired) electrons. The predicted molar refractivity (Wildman–Crippen MR) is 129 cm³/mol. The number of sulfonamides is 1. The minimum absolute atomic E-state index is 0.127. The van der Waals surface area contributed by atoms with E-state index in [1.807, 2.05) is 18.2 Å². The maximum Gasteiger partial charge on any atom is 0.344 e. The second-order valence-corrected chi connectivity index (χ2v) is 12.1. The third kappa shape index (κ3) is 4.20. The van der Waals surface area contributed by atoms with Crippen LogP contribution in [0, 0.1) is 0 Å². The minimum atomic E-state index is -3.70. The number of thioether (sulfide) groups is 1. The number of carbonyl (C=O) groups excluding carboxylic acids is 3. The maximum atomic E-state index is 13.1. The Labute approximate surface area is 212 Å². The topological polar surface area (TPSA) is 104 Å². The number of para-hydroxylation sites is 1. The van der Waals surface area contributed by atoms with Crippen LogP contribution in [0.3, 0.4) is 0 Å². The molecule has 9 nitrogen and oxygen atoms in total. The largest absolute Gasteiger partial charge is 0.453 e. The van der Waals surface area contributed by atoms with Gasteiger partial charge in [0.1, 0.15) is 0 Å². The average Bonchev–Trinajstić information content (AvgIpc) is 3.38. The van der Waals surface area contributed by atoms with Crippen LogP contribution >= 0.6 is 23.4 Å². The Balaban J connectivity index is 1.19. The van der Waals surface area contributed by atoms with Crippen molar-refractivity contribution in [2.75, 3.05) is 37.7 Å². The van der Waals surface area contributed by atoms with E-state index in [0.717, 1.165) is 4.90 Å². The monoisotopic (exact) mass is 535 g/mol. The lowest BCUT2D eigenvalue weighted by Gasteiger charge is -2.34. The fourth-order valence-corrected chi connectivity index (χ4v) is 7.50. The van der Waals surface area contributed by atoms with E-state index in [1.165, 1.54) is 50.1 Å². The van der Waals surface area contributed by atoms with Crippen LogP contribution in [-0.4, -0.2) is 73.1 Å². The Morgan fingerprint density at radius 1 is 1.03 bits per heavy atom. The van der Waals surface area contributed by atoms with Crippen LogP contribution in [0.25, 0.3) is 0 Å². The second-order valence-electron chi connectivity index (χ2n) is 8.40. The lowest BCUT2D eigenvalue weighted by Crippen LogP contribution is -2.52. The summed E-state index contributed by atoms with van der Waals surface area (Å²) in [4.78, 5) is 41.1. The highest BCUT2D eigenvalue weighted by atomic mass is 35.5. The summed E-state index contributed by atoms with van der Waals surface area (Å²) >= 11 is 7.13. The van der Waals surface area contributed by atoms with Gasteiger partial charge in [-0.05, 0) is 36.4 Å². The van der Waals surface area contributed by atoms with E-state index in [9.17, 15) is 22.8 Å². The fourth-order valence-electron chi connectivity index (χ4n) is 4.54. The number of nitrogens with zero attached hydrogens (tertiary/aromatic N) is 3. The van der Waals surface area contributed by atoms with E-state index in [1.54, 1.807) is 6.07 Å². The van der Waals surface area contributed by atoms with Crippen molar-refractivity contribution in [2.45, 2.75) is 27.5 Å². The van der Waals surface area contributed by atoms with Crippen molar-refractivity contribution in [3.05, 3.63) is 53.6 Å². The zero-order valence-electron chi connectivity index (χ0n) is 18.6. The number of amides is 2. The van der Waals surface area contributed by atoms with Crippen molar-refractivity contribution in [3.63, 3.8) is 0 Å². The van der Waals surface area contributed by atoms with Crippen LogP contribution < -0.4 is 4.90 Å². The van der Waals surface area contributed by atoms with Crippen molar-refractivity contribution in [1.29, 1.82) is 0 Å². The highest BCUT2D eigenvalue weighted by Gasteiger charge is 2.58. The predicted octanol–water partition coefficient (Wildman–Crippen LogP) is 2.35. The van der Waals surface area contributed by atoms with Gasteiger partial charge in [0.2, 0.25) is 15.9 Å². The standard InChI is InChI=1S/C23H22ClN3O6S2/c24-16-5-7-17(8-6-16)35(31,32)26-13-11-25(12-14-26)21(29)15-33-22(30)23-10-9-20(28)27(23)18-3-1-2-4-19(18)34-23/h1-8H,9-15H2. The van der Waals surface area contributed by atoms with E-state index in [4.69, 9.17) is 16.3 Å². The SMILES string of the molecule is O=C(COC(=O)C12CCC(=O)N1c1ccccc1S2)N1CCN(S(=O)(=O)c2ccc(Cl)cc2)CC1. The molecule has 3 aliphatic heterocycles. The van der Waals surface area contributed by atoms with Crippen molar-refractivity contribution < 1.29 is 27.5 Å². The van der Waals surface area contributed by atoms with E-state index in [0.29, 0.717) is 17.1 Å². The number of benzene rings is 2. The minimum Gasteiger partial charge on any atom is -0.453 e. The molecule has 2 amide bonds. The lowest BCUT2D eigenvalue weighted by atomic mass is 10.2. The first-order valence-electron chi connectivity index (χ1n) is 11.0. The lowest BCUT2D eigenvalue weighted by molar-refractivity contribution is -0.154. The van der Waals surface area contributed by atoms with Crippen LogP contribution in [0.15, 0.2) is 58.3 Å². The molecule has 5 rings (SSSR count). The third-order valence-electron chi connectivity index (χ3n) is 6.36. The summed E-state index contributed by atoms with van der Waals surface area (Å²) in [6.45, 7) is 0.145. The summed E-state index contributed by atoms with van der Waals surface area (Å²) in [7, 11) is -3.70. The molecular formula is C23H22ClN3O6S2. The van der Waals surface area contributed by atoms with Crippen molar-refractivity contribution >= 4 is 56.9 Å². The third-order valence-corrected chi connectivity index (χ3v) is 9.98. The molecule has 3 aliphatic rings. The Kier molecular flexibility index (Phi) is 6.28. The molecule has 35 heavy (non-hydrogen) atoms. The van der Waals surface area contributed by atoms with E-state index in [2.05, 4.69) is 0 Å². The zero-order valence-corrected chi connectivity index (χ0v) is 20.9. The Bertz CT molecular complexity index is 1290. The first kappa shape index (κ1) is 24.1. The first-order chi connectivity index (χ1) is 16.7. The molecular weight excluding hydrogens is 514 g/mol. The van der Waals surface area contributed by atoms with Gasteiger partial charge in [-0.15, -0.1) is 0 Å². The van der Waals surface area contributed by atoms with Gasteiger partial charge in [0.25, 0.3) is 5.91 Å². The molecule has 2 fully saturated rings. The summed E-state index contributed by atoms with van der Waals surface area (Å²) in [5, 5.41) is 0.443. The molecule has 184 valence electrons. The number of hydrogen-bond acceptors (Lipinski definition) is 7. The second kappa shape index (κ2) is 9.12. The van der Waals surface area contributed by atoms with Crippen LogP contribution in [0.5, 0.6) is 0 Å². The number of fused-ring (bicyclic) bond motifs is 3. The van der Waals surface area contributed by atoms with E-state index < -0.39 is 33.4 Å². The number of halogens is 1. The molecule has 1 atom stereocenters. The number of carbonyl (C=O) groups is 3. The van der Waals surface area contributed by atoms with Gasteiger partial charge in [0.05, 0.1) is 10.6 Å². The van der Waals surface area contributed by atoms with Gasteiger partial charge in [0.15, 0.2) is 11.5 Å². The highest BCUT2D eigenvalue weighted by molar-refractivity contribution is 8.02. The Morgan fingerprint density at radius 3 is 2.43 bits per heavy atom. The van der Waals surface area contributed by atoms with Gasteiger partial charge in [-0.1, -0.05) is 35.5 Å². The molecule has 2 aromatic rings. The first-order valence-corrected chi connectivity index (χ1v) is 13.7. The number of hydrogen-bond donors (Lipinski definition) is 0. The molecule has 3 heterocycles. The molecule has 2 saturated heterocycles. The highest BCUT2D eigenvalue weighted by Crippen LogP contribution is 2.56. The van der Waals surface area contributed by atoms with E-state index in [-0.39, 0.29) is 43.4 Å². The van der Waals surface area contributed by atoms with Gasteiger partial charge in [-0.25, -0.2) is 13.2 Å². The summed E-state index contributed by atoms with van der Waals surface area (Å²) in [6.07, 6.45) is 0.536. The van der Waals surface area contributed by atoms with Crippen LogP contribution in [0.4, 0.5) is 5.69 Å². The number of esters is 1. The quantitative estimate of drug-likeness (QED) is 0.541. The van der Waals surface area contributed by atoms with Crippen LogP contribution in [0.1, 0.15) is 12.8 Å². The normalized spacial score (nSPS) is 22.1. The van der Waals surface area contributed by atoms with Gasteiger partial charge in [-0.2, -0.15) is 4.31 Å². The molecule has 0 aromatic heterocycles. The molecule has 0 aliphatic carbocycles. The summed E-state index contributed by atoms with van der Waals surface area (Å²) in [5.41, 5.74) is 0.682. The van der Waals surface area contributed by atoms with Gasteiger partial charge >= 0.3 is 5.97 Å². The smallest absolute Gasteiger partial charge is 0.344 e. The Morgan fingerprint density at radius 2 is 1.71 bits per heavy atom.